The van der Waals surface area contributed by atoms with Gasteiger partial charge in [-0.1, -0.05) is 0 Å². The van der Waals surface area contributed by atoms with Gasteiger partial charge in [0.05, 0.1) is 12.2 Å². The number of nitrogens with one attached hydrogen (secondary N) is 1. The highest BCUT2D eigenvalue weighted by molar-refractivity contribution is 5.76. The highest BCUT2D eigenvalue weighted by Gasteiger charge is 2.23. The summed E-state index contributed by atoms with van der Waals surface area (Å²) in [6.07, 6.45) is 8.22. The molecule has 0 aromatic carbocycles. The Morgan fingerprint density at radius 1 is 1.23 bits per heavy atom. The molecule has 1 aliphatic rings. The summed E-state index contributed by atoms with van der Waals surface area (Å²) in [7, 11) is 0. The number of amides is 1. The van der Waals surface area contributed by atoms with Gasteiger partial charge in [-0.05, 0) is 58.1 Å². The van der Waals surface area contributed by atoms with E-state index in [-0.39, 0.29) is 17.6 Å². The number of hydrogen-bond donors (Lipinski definition) is 1. The minimum absolute atomic E-state index is 0.00439. The van der Waals surface area contributed by atoms with Crippen LogP contribution < -0.4 is 11.0 Å². The molecular formula is C19H27N5O2. The molecule has 0 unspecified atom stereocenters. The van der Waals surface area contributed by atoms with Crippen LogP contribution in [0.15, 0.2) is 23.3 Å². The molecule has 0 aliphatic heterocycles. The molecular weight excluding hydrogens is 330 g/mol. The van der Waals surface area contributed by atoms with Crippen molar-refractivity contribution in [2.45, 2.75) is 71.5 Å². The molecule has 0 spiro atoms. The topological polar surface area (TPSA) is 81.8 Å². The number of aromatic nitrogens is 4. The number of rotatable bonds is 5. The van der Waals surface area contributed by atoms with Crippen molar-refractivity contribution in [3.8, 4) is 0 Å². The second kappa shape index (κ2) is 7.85. The number of nitrogens with zero attached hydrogens (tertiary/aromatic N) is 4. The monoisotopic (exact) mass is 357 g/mol. The van der Waals surface area contributed by atoms with Crippen molar-refractivity contribution < 1.29 is 4.79 Å². The predicted octanol–water partition coefficient (Wildman–Crippen LogP) is 2.06. The van der Waals surface area contributed by atoms with Crippen LogP contribution in [0.5, 0.6) is 0 Å². The van der Waals surface area contributed by atoms with Crippen molar-refractivity contribution >= 4 is 5.91 Å². The zero-order valence-corrected chi connectivity index (χ0v) is 15.7. The Kier molecular flexibility index (Phi) is 5.54. The van der Waals surface area contributed by atoms with Gasteiger partial charge >= 0.3 is 5.69 Å². The van der Waals surface area contributed by atoms with Crippen LogP contribution in [0.1, 0.15) is 55.1 Å². The first-order chi connectivity index (χ1) is 12.4. The minimum Gasteiger partial charge on any atom is -0.353 e. The van der Waals surface area contributed by atoms with E-state index < -0.39 is 0 Å². The molecule has 140 valence electrons. The van der Waals surface area contributed by atoms with Crippen molar-refractivity contribution in [2.75, 3.05) is 0 Å². The summed E-state index contributed by atoms with van der Waals surface area (Å²) < 4.78 is 3.61. The minimum atomic E-state index is -0.287. The summed E-state index contributed by atoms with van der Waals surface area (Å²) in [5, 5.41) is 7.51. The van der Waals surface area contributed by atoms with E-state index in [1.54, 1.807) is 11.5 Å². The Labute approximate surface area is 153 Å². The van der Waals surface area contributed by atoms with Crippen LogP contribution in [-0.4, -0.2) is 31.3 Å². The lowest BCUT2D eigenvalue weighted by Gasteiger charge is -2.29. The molecule has 7 nitrogen and oxygen atoms in total. The van der Waals surface area contributed by atoms with Gasteiger partial charge in [0.15, 0.2) is 0 Å². The van der Waals surface area contributed by atoms with Crippen LogP contribution in [0.4, 0.5) is 0 Å². The molecule has 1 saturated carbocycles. The van der Waals surface area contributed by atoms with Gasteiger partial charge < -0.3 is 5.32 Å². The molecule has 1 N–H and O–H groups in total. The Morgan fingerprint density at radius 2 is 1.96 bits per heavy atom. The largest absolute Gasteiger partial charge is 0.353 e. The fourth-order valence-electron chi connectivity index (χ4n) is 3.68. The molecule has 2 aromatic rings. The number of carbonyl (C=O) groups excluding carboxylic acids is 1. The molecule has 26 heavy (non-hydrogen) atoms. The fourth-order valence-corrected chi connectivity index (χ4v) is 3.68. The first-order valence-electron chi connectivity index (χ1n) is 9.27. The predicted molar refractivity (Wildman–Crippen MR) is 99.0 cm³/mol. The molecule has 1 amide bonds. The third-order valence-corrected chi connectivity index (χ3v) is 5.08. The van der Waals surface area contributed by atoms with E-state index in [9.17, 15) is 9.59 Å². The molecule has 0 bridgehead atoms. The number of carbonyl (C=O) groups is 1. The fraction of sp³-hybridized carbons (Fsp3) is 0.579. The lowest BCUT2D eigenvalue weighted by atomic mass is 9.91. The van der Waals surface area contributed by atoms with Crippen LogP contribution >= 0.6 is 0 Å². The third kappa shape index (κ3) is 4.39. The average Bonchev–Trinajstić information content (AvgIpc) is 3.01. The summed E-state index contributed by atoms with van der Waals surface area (Å²) in [5.41, 5.74) is 2.43. The molecule has 1 aliphatic carbocycles. The van der Waals surface area contributed by atoms with Crippen molar-refractivity contribution in [1.82, 2.24) is 24.6 Å². The third-order valence-electron chi connectivity index (χ3n) is 5.08. The van der Waals surface area contributed by atoms with E-state index in [0.29, 0.717) is 24.7 Å². The quantitative estimate of drug-likeness (QED) is 0.888. The van der Waals surface area contributed by atoms with Gasteiger partial charge in [-0.2, -0.15) is 10.1 Å². The zero-order chi connectivity index (χ0) is 18.7. The lowest BCUT2D eigenvalue weighted by molar-refractivity contribution is -0.122. The summed E-state index contributed by atoms with van der Waals surface area (Å²) >= 11 is 0. The second-order valence-electron chi connectivity index (χ2n) is 7.29. The van der Waals surface area contributed by atoms with Gasteiger partial charge in [0.2, 0.25) is 5.91 Å². The van der Waals surface area contributed by atoms with E-state index in [1.165, 1.54) is 5.56 Å². The van der Waals surface area contributed by atoms with Crippen LogP contribution in [0.25, 0.3) is 0 Å². The second-order valence-corrected chi connectivity index (χ2v) is 7.29. The summed E-state index contributed by atoms with van der Waals surface area (Å²) in [5.74, 6) is -0.00439. The molecule has 2 heterocycles. The first kappa shape index (κ1) is 18.4. The van der Waals surface area contributed by atoms with Crippen molar-refractivity contribution in [3.05, 3.63) is 45.9 Å². The summed E-state index contributed by atoms with van der Waals surface area (Å²) in [6.45, 7) is 6.08. The highest BCUT2D eigenvalue weighted by atomic mass is 16.2. The molecule has 0 radical (unpaired) electrons. The Morgan fingerprint density at radius 3 is 2.58 bits per heavy atom. The molecule has 0 atom stereocenters. The van der Waals surface area contributed by atoms with Crippen LogP contribution in [0.2, 0.25) is 0 Å². The van der Waals surface area contributed by atoms with Crippen LogP contribution in [0.3, 0.4) is 0 Å². The maximum atomic E-state index is 12.3. The van der Waals surface area contributed by atoms with Gasteiger partial charge in [-0.3, -0.25) is 14.0 Å². The van der Waals surface area contributed by atoms with E-state index in [2.05, 4.69) is 21.6 Å². The Hall–Kier alpha value is -2.44. The average molecular weight is 357 g/mol. The molecule has 1 fully saturated rings. The van der Waals surface area contributed by atoms with E-state index >= 15 is 0 Å². The zero-order valence-electron chi connectivity index (χ0n) is 15.7. The van der Waals surface area contributed by atoms with Gasteiger partial charge in [0.1, 0.15) is 0 Å². The van der Waals surface area contributed by atoms with Crippen LogP contribution in [-0.2, 0) is 11.3 Å². The van der Waals surface area contributed by atoms with Crippen molar-refractivity contribution in [3.63, 3.8) is 0 Å². The van der Waals surface area contributed by atoms with E-state index in [4.69, 9.17) is 0 Å². The van der Waals surface area contributed by atoms with Crippen molar-refractivity contribution in [2.24, 2.45) is 0 Å². The number of aryl methyl sites for hydroxylation is 3. The van der Waals surface area contributed by atoms with E-state index in [0.717, 1.165) is 31.4 Å². The summed E-state index contributed by atoms with van der Waals surface area (Å²) in [6, 6.07) is 2.50. The molecule has 3 rings (SSSR count). The highest BCUT2D eigenvalue weighted by Crippen LogP contribution is 2.28. The lowest BCUT2D eigenvalue weighted by Crippen LogP contribution is -2.39. The van der Waals surface area contributed by atoms with Gasteiger partial charge in [-0.25, -0.2) is 4.79 Å². The first-order valence-corrected chi connectivity index (χ1v) is 9.27. The van der Waals surface area contributed by atoms with Crippen LogP contribution in [0, 0.1) is 20.8 Å². The molecule has 7 heteroatoms. The smallest absolute Gasteiger partial charge is 0.347 e. The van der Waals surface area contributed by atoms with E-state index in [1.807, 2.05) is 30.8 Å². The maximum Gasteiger partial charge on any atom is 0.347 e. The van der Waals surface area contributed by atoms with Crippen molar-refractivity contribution in [1.29, 1.82) is 0 Å². The molecule has 0 saturated heterocycles. The number of hydrogen-bond acceptors (Lipinski definition) is 4. The van der Waals surface area contributed by atoms with Gasteiger partial charge in [-0.15, -0.1) is 0 Å². The normalized spacial score (nSPS) is 20.1. The Bertz CT molecular complexity index is 831. The molecule has 2 aromatic heterocycles. The summed E-state index contributed by atoms with van der Waals surface area (Å²) in [4.78, 5) is 28.1. The standard InChI is InChI=1S/C19H27N5O2/c1-13-11-20-24(12-13)17-6-4-16(5-7-17)22-18(25)8-9-23-15(3)10-14(2)21-19(23)26/h10-12,16-17H,4-9H2,1-3H3,(H,22,25). The SMILES string of the molecule is Cc1cnn(C2CCC(NC(=O)CCn3c(C)cc(C)nc3=O)CC2)c1. The van der Waals surface area contributed by atoms with Gasteiger partial charge in [0.25, 0.3) is 0 Å². The Balaban J connectivity index is 1.47. The maximum absolute atomic E-state index is 12.3. The van der Waals surface area contributed by atoms with Gasteiger partial charge in [0, 0.05) is 36.6 Å².